The summed E-state index contributed by atoms with van der Waals surface area (Å²) in [7, 11) is 0. The van der Waals surface area contributed by atoms with Crippen LogP contribution in [-0.2, 0) is 4.74 Å². The number of carbonyl (C=O) groups excluding carboxylic acids is 1. The molecule has 0 aliphatic carbocycles. The van der Waals surface area contributed by atoms with Gasteiger partial charge in [-0.3, -0.25) is 5.32 Å². The van der Waals surface area contributed by atoms with E-state index in [1.54, 1.807) is 45.9 Å². The molecule has 1 heterocycles. The zero-order valence-electron chi connectivity index (χ0n) is 13.5. The van der Waals surface area contributed by atoms with Gasteiger partial charge in [0.1, 0.15) is 11.4 Å². The lowest BCUT2D eigenvalue weighted by Crippen LogP contribution is -2.27. The normalized spacial score (nSPS) is 11.1. The molecule has 1 aromatic heterocycles. The maximum absolute atomic E-state index is 11.9. The standard InChI is InChI=1S/C16H19N3O4/c1-10-9-13(17-15(22)23-16(2,3)4)19(18-10)12-7-5-11(6-8-12)14(20)21/h5-9H,1-4H3,(H,17,22)(H,20,21). The molecule has 0 saturated heterocycles. The summed E-state index contributed by atoms with van der Waals surface area (Å²) in [5.41, 5.74) is 0.916. The van der Waals surface area contributed by atoms with Crippen LogP contribution in [0.15, 0.2) is 30.3 Å². The quantitative estimate of drug-likeness (QED) is 0.906. The lowest BCUT2D eigenvalue weighted by molar-refractivity contribution is 0.0633. The van der Waals surface area contributed by atoms with Crippen LogP contribution in [0.1, 0.15) is 36.8 Å². The summed E-state index contributed by atoms with van der Waals surface area (Å²) in [6.45, 7) is 7.13. The van der Waals surface area contributed by atoms with Gasteiger partial charge in [0.15, 0.2) is 0 Å². The Morgan fingerprint density at radius 1 is 1.22 bits per heavy atom. The van der Waals surface area contributed by atoms with Crippen LogP contribution in [0.3, 0.4) is 0 Å². The number of aromatic nitrogens is 2. The molecule has 2 rings (SSSR count). The van der Waals surface area contributed by atoms with Crippen molar-refractivity contribution in [1.82, 2.24) is 9.78 Å². The lowest BCUT2D eigenvalue weighted by Gasteiger charge is -2.19. The number of carbonyl (C=O) groups is 2. The first kappa shape index (κ1) is 16.5. The predicted octanol–water partition coefficient (Wildman–Crippen LogP) is 3.23. The number of amides is 1. The van der Waals surface area contributed by atoms with E-state index >= 15 is 0 Å². The molecule has 0 atom stereocenters. The molecule has 0 spiro atoms. The Morgan fingerprint density at radius 2 is 1.83 bits per heavy atom. The summed E-state index contributed by atoms with van der Waals surface area (Å²) in [6.07, 6.45) is -0.583. The molecular formula is C16H19N3O4. The fourth-order valence-corrected chi connectivity index (χ4v) is 1.94. The Morgan fingerprint density at radius 3 is 2.35 bits per heavy atom. The number of hydrogen-bond acceptors (Lipinski definition) is 4. The summed E-state index contributed by atoms with van der Waals surface area (Å²) < 4.78 is 6.74. The number of rotatable bonds is 3. The number of nitrogens with one attached hydrogen (secondary N) is 1. The average Bonchev–Trinajstić information content (AvgIpc) is 2.77. The number of aryl methyl sites for hydroxylation is 1. The Bertz CT molecular complexity index is 727. The van der Waals surface area contributed by atoms with Crippen LogP contribution in [-0.4, -0.2) is 32.6 Å². The third-order valence-electron chi connectivity index (χ3n) is 2.82. The van der Waals surface area contributed by atoms with Crippen molar-refractivity contribution in [1.29, 1.82) is 0 Å². The predicted molar refractivity (Wildman–Crippen MR) is 85.1 cm³/mol. The first-order valence-electron chi connectivity index (χ1n) is 7.06. The number of carboxylic acid groups (broad SMARTS) is 1. The maximum Gasteiger partial charge on any atom is 0.413 e. The van der Waals surface area contributed by atoms with E-state index in [2.05, 4.69) is 10.4 Å². The molecular weight excluding hydrogens is 298 g/mol. The zero-order valence-corrected chi connectivity index (χ0v) is 13.5. The molecule has 7 nitrogen and oxygen atoms in total. The Labute approximate surface area is 133 Å². The minimum Gasteiger partial charge on any atom is -0.478 e. The second kappa shape index (κ2) is 6.12. The van der Waals surface area contributed by atoms with Crippen LogP contribution in [0.2, 0.25) is 0 Å². The van der Waals surface area contributed by atoms with Gasteiger partial charge in [-0.2, -0.15) is 5.10 Å². The highest BCUT2D eigenvalue weighted by Gasteiger charge is 2.18. The summed E-state index contributed by atoms with van der Waals surface area (Å²) in [5.74, 6) is -0.555. The molecule has 0 radical (unpaired) electrons. The van der Waals surface area contributed by atoms with Crippen molar-refractivity contribution in [3.63, 3.8) is 0 Å². The number of hydrogen-bond donors (Lipinski definition) is 2. The van der Waals surface area contributed by atoms with E-state index in [1.165, 1.54) is 16.8 Å². The van der Waals surface area contributed by atoms with E-state index in [0.717, 1.165) is 0 Å². The lowest BCUT2D eigenvalue weighted by atomic mass is 10.2. The number of carboxylic acids is 1. The van der Waals surface area contributed by atoms with E-state index in [1.807, 2.05) is 0 Å². The fourth-order valence-electron chi connectivity index (χ4n) is 1.94. The van der Waals surface area contributed by atoms with E-state index in [9.17, 15) is 9.59 Å². The SMILES string of the molecule is Cc1cc(NC(=O)OC(C)(C)C)n(-c2ccc(C(=O)O)cc2)n1. The Kier molecular flexibility index (Phi) is 4.40. The van der Waals surface area contributed by atoms with E-state index < -0.39 is 17.7 Å². The molecule has 1 aromatic carbocycles. The van der Waals surface area contributed by atoms with Gasteiger partial charge < -0.3 is 9.84 Å². The van der Waals surface area contributed by atoms with Crippen LogP contribution in [0, 0.1) is 6.92 Å². The largest absolute Gasteiger partial charge is 0.478 e. The molecule has 0 unspecified atom stereocenters. The minimum atomic E-state index is -1.000. The van der Waals surface area contributed by atoms with Crippen LogP contribution in [0.4, 0.5) is 10.6 Å². The summed E-state index contributed by atoms with van der Waals surface area (Å²) in [4.78, 5) is 22.8. The summed E-state index contributed by atoms with van der Waals surface area (Å²) >= 11 is 0. The van der Waals surface area contributed by atoms with Crippen molar-refractivity contribution in [3.8, 4) is 5.69 Å². The highest BCUT2D eigenvalue weighted by molar-refractivity contribution is 5.88. The molecule has 0 aliphatic heterocycles. The molecule has 0 aliphatic rings. The van der Waals surface area contributed by atoms with Crippen LogP contribution in [0.5, 0.6) is 0 Å². The Hall–Kier alpha value is -2.83. The first-order valence-corrected chi connectivity index (χ1v) is 7.06. The van der Waals surface area contributed by atoms with E-state index in [-0.39, 0.29) is 5.56 Å². The minimum absolute atomic E-state index is 0.180. The van der Waals surface area contributed by atoms with Gasteiger partial charge in [-0.1, -0.05) is 0 Å². The average molecular weight is 317 g/mol. The van der Waals surface area contributed by atoms with Crippen molar-refractivity contribution in [3.05, 3.63) is 41.6 Å². The number of benzene rings is 1. The molecule has 0 saturated carbocycles. The smallest absolute Gasteiger partial charge is 0.413 e. The summed E-state index contributed by atoms with van der Waals surface area (Å²) in [5, 5.41) is 15.9. The van der Waals surface area contributed by atoms with Gasteiger partial charge >= 0.3 is 12.1 Å². The fraction of sp³-hybridized carbons (Fsp3) is 0.312. The maximum atomic E-state index is 11.9. The Balaban J connectivity index is 2.26. The number of anilines is 1. The first-order chi connectivity index (χ1) is 10.7. The van der Waals surface area contributed by atoms with Crippen molar-refractivity contribution in [2.24, 2.45) is 0 Å². The molecule has 0 bridgehead atoms. The number of aromatic carboxylic acids is 1. The zero-order chi connectivity index (χ0) is 17.2. The van der Waals surface area contributed by atoms with Gasteiger partial charge in [0.2, 0.25) is 0 Å². The van der Waals surface area contributed by atoms with Crippen molar-refractivity contribution in [2.45, 2.75) is 33.3 Å². The van der Waals surface area contributed by atoms with Crippen LogP contribution in [0.25, 0.3) is 5.69 Å². The van der Waals surface area contributed by atoms with Gasteiger partial charge in [0.05, 0.1) is 16.9 Å². The number of ether oxygens (including phenoxy) is 1. The van der Waals surface area contributed by atoms with E-state index in [0.29, 0.717) is 17.2 Å². The van der Waals surface area contributed by atoms with Crippen molar-refractivity contribution < 1.29 is 19.4 Å². The van der Waals surface area contributed by atoms with Gasteiger partial charge in [-0.15, -0.1) is 0 Å². The second-order valence-electron chi connectivity index (χ2n) is 6.06. The van der Waals surface area contributed by atoms with Gasteiger partial charge in [0, 0.05) is 6.07 Å². The van der Waals surface area contributed by atoms with Crippen molar-refractivity contribution >= 4 is 17.9 Å². The van der Waals surface area contributed by atoms with Gasteiger partial charge in [-0.05, 0) is 52.0 Å². The molecule has 23 heavy (non-hydrogen) atoms. The summed E-state index contributed by atoms with van der Waals surface area (Å²) in [6, 6.07) is 7.90. The second-order valence-corrected chi connectivity index (χ2v) is 6.06. The van der Waals surface area contributed by atoms with Crippen LogP contribution < -0.4 is 5.32 Å². The molecule has 7 heteroatoms. The monoisotopic (exact) mass is 317 g/mol. The van der Waals surface area contributed by atoms with Gasteiger partial charge in [0.25, 0.3) is 0 Å². The van der Waals surface area contributed by atoms with Crippen LogP contribution >= 0.6 is 0 Å². The molecule has 2 aromatic rings. The third kappa shape index (κ3) is 4.32. The molecule has 2 N–H and O–H groups in total. The van der Waals surface area contributed by atoms with E-state index in [4.69, 9.17) is 9.84 Å². The molecule has 122 valence electrons. The molecule has 1 amide bonds. The highest BCUT2D eigenvalue weighted by atomic mass is 16.6. The third-order valence-corrected chi connectivity index (χ3v) is 2.82. The van der Waals surface area contributed by atoms with Crippen molar-refractivity contribution in [2.75, 3.05) is 5.32 Å². The topological polar surface area (TPSA) is 93.5 Å². The number of nitrogens with zero attached hydrogens (tertiary/aromatic N) is 2. The highest BCUT2D eigenvalue weighted by Crippen LogP contribution is 2.19. The van der Waals surface area contributed by atoms with Gasteiger partial charge in [-0.25, -0.2) is 14.3 Å². The molecule has 0 fully saturated rings.